The molecular formula is C29H38ClF3. The maximum atomic E-state index is 13.1. The van der Waals surface area contributed by atoms with Gasteiger partial charge in [0.05, 0.1) is 11.7 Å². The predicted molar refractivity (Wildman–Crippen MR) is 133 cm³/mol. The molecule has 0 unspecified atom stereocenters. The second-order valence-corrected chi connectivity index (χ2v) is 10.4. The first-order valence-corrected chi connectivity index (χ1v) is 13.1. The minimum atomic E-state index is -0.474. The zero-order valence-electron chi connectivity index (χ0n) is 19.8. The molecule has 0 atom stereocenters. The smallest absolute Gasteiger partial charge is 0.142 e. The SMILES string of the molecule is CCCC1CCC(C2CCC(CCF)CC2)CC1.Fc1ccc(-c2ccc(Cl)c(F)c2)cc1. The monoisotopic (exact) mass is 478 g/mol. The van der Waals surface area contributed by atoms with E-state index in [2.05, 4.69) is 6.92 Å². The van der Waals surface area contributed by atoms with Gasteiger partial charge in [-0.15, -0.1) is 0 Å². The average Bonchev–Trinajstić information content (AvgIpc) is 2.83. The Morgan fingerprint density at radius 2 is 1.24 bits per heavy atom. The van der Waals surface area contributed by atoms with Crippen LogP contribution in [0.25, 0.3) is 11.1 Å². The van der Waals surface area contributed by atoms with Gasteiger partial charge >= 0.3 is 0 Å². The van der Waals surface area contributed by atoms with Crippen LogP contribution >= 0.6 is 11.6 Å². The minimum absolute atomic E-state index is 0.0841. The highest BCUT2D eigenvalue weighted by Crippen LogP contribution is 2.42. The summed E-state index contributed by atoms with van der Waals surface area (Å²) in [6, 6.07) is 10.4. The molecule has 2 aromatic rings. The van der Waals surface area contributed by atoms with Gasteiger partial charge in [-0.05, 0) is 91.2 Å². The minimum Gasteiger partial charge on any atom is -0.251 e. The molecule has 2 saturated carbocycles. The molecule has 4 rings (SSSR count). The first-order valence-electron chi connectivity index (χ1n) is 12.8. The molecular weight excluding hydrogens is 441 g/mol. The van der Waals surface area contributed by atoms with Crippen LogP contribution in [0, 0.1) is 35.3 Å². The Bertz CT molecular complexity index is 795. The van der Waals surface area contributed by atoms with E-state index in [0.717, 1.165) is 29.7 Å². The van der Waals surface area contributed by atoms with Crippen molar-refractivity contribution in [2.75, 3.05) is 6.67 Å². The van der Waals surface area contributed by atoms with Gasteiger partial charge in [-0.3, -0.25) is 4.39 Å². The molecule has 0 saturated heterocycles. The van der Waals surface area contributed by atoms with Crippen molar-refractivity contribution in [1.29, 1.82) is 0 Å². The molecule has 2 aliphatic carbocycles. The molecule has 0 nitrogen and oxygen atoms in total. The predicted octanol–water partition coefficient (Wildman–Crippen LogP) is 10.0. The van der Waals surface area contributed by atoms with Gasteiger partial charge in [-0.1, -0.05) is 75.2 Å². The Balaban J connectivity index is 0.000000189. The molecule has 0 heterocycles. The Kier molecular flexibility index (Phi) is 10.6. The largest absolute Gasteiger partial charge is 0.251 e. The first kappa shape index (κ1) is 26.1. The molecule has 0 radical (unpaired) electrons. The van der Waals surface area contributed by atoms with Crippen molar-refractivity contribution >= 4 is 11.6 Å². The number of hydrogen-bond donors (Lipinski definition) is 0. The fraction of sp³-hybridized carbons (Fsp3) is 0.586. The van der Waals surface area contributed by atoms with E-state index in [4.69, 9.17) is 11.6 Å². The molecule has 0 bridgehead atoms. The fourth-order valence-electron chi connectivity index (χ4n) is 5.78. The van der Waals surface area contributed by atoms with Crippen molar-refractivity contribution in [3.8, 4) is 11.1 Å². The summed E-state index contributed by atoms with van der Waals surface area (Å²) in [5, 5.41) is 0.0841. The van der Waals surface area contributed by atoms with E-state index in [1.807, 2.05) is 0 Å². The van der Waals surface area contributed by atoms with E-state index in [1.54, 1.807) is 18.2 Å². The van der Waals surface area contributed by atoms with E-state index < -0.39 is 5.82 Å². The third-order valence-corrected chi connectivity index (χ3v) is 8.07. The lowest BCUT2D eigenvalue weighted by atomic mass is 9.68. The second-order valence-electron chi connectivity index (χ2n) is 9.96. The Labute approximate surface area is 202 Å². The Morgan fingerprint density at radius 3 is 1.73 bits per heavy atom. The van der Waals surface area contributed by atoms with Crippen LogP contribution in [0.5, 0.6) is 0 Å². The normalized spacial score (nSPS) is 25.2. The second kappa shape index (κ2) is 13.4. The summed E-state index contributed by atoms with van der Waals surface area (Å²) in [5.74, 6) is 2.97. The van der Waals surface area contributed by atoms with Crippen LogP contribution in [0.15, 0.2) is 42.5 Å². The van der Waals surface area contributed by atoms with Crippen LogP contribution in [0.4, 0.5) is 13.2 Å². The van der Waals surface area contributed by atoms with E-state index in [-0.39, 0.29) is 17.5 Å². The van der Waals surface area contributed by atoms with Crippen LogP contribution in [0.3, 0.4) is 0 Å². The number of benzene rings is 2. The van der Waals surface area contributed by atoms with Gasteiger partial charge in [0.25, 0.3) is 0 Å². The molecule has 0 aromatic heterocycles. The molecule has 2 fully saturated rings. The molecule has 0 amide bonds. The van der Waals surface area contributed by atoms with E-state index in [1.165, 1.54) is 88.5 Å². The number of rotatable bonds is 6. The molecule has 0 aliphatic heterocycles. The molecule has 4 heteroatoms. The molecule has 182 valence electrons. The summed E-state index contributed by atoms with van der Waals surface area (Å²) in [4.78, 5) is 0. The van der Waals surface area contributed by atoms with Crippen molar-refractivity contribution in [2.45, 2.75) is 77.6 Å². The molecule has 0 N–H and O–H groups in total. The average molecular weight is 479 g/mol. The van der Waals surface area contributed by atoms with Gasteiger partial charge in [-0.25, -0.2) is 8.78 Å². The highest BCUT2D eigenvalue weighted by Gasteiger charge is 2.30. The maximum absolute atomic E-state index is 13.1. The number of hydrogen-bond acceptors (Lipinski definition) is 0. The lowest BCUT2D eigenvalue weighted by Gasteiger charge is -2.37. The third-order valence-electron chi connectivity index (χ3n) is 7.76. The van der Waals surface area contributed by atoms with E-state index >= 15 is 0 Å². The fourth-order valence-corrected chi connectivity index (χ4v) is 5.89. The lowest BCUT2D eigenvalue weighted by molar-refractivity contribution is 0.138. The van der Waals surface area contributed by atoms with Crippen molar-refractivity contribution < 1.29 is 13.2 Å². The molecule has 2 aromatic carbocycles. The topological polar surface area (TPSA) is 0 Å². The van der Waals surface area contributed by atoms with Gasteiger partial charge < -0.3 is 0 Å². The number of alkyl halides is 1. The summed E-state index contributed by atoms with van der Waals surface area (Å²) >= 11 is 5.56. The summed E-state index contributed by atoms with van der Waals surface area (Å²) in [5.41, 5.74) is 1.43. The van der Waals surface area contributed by atoms with Crippen LogP contribution in [-0.2, 0) is 0 Å². The number of halogens is 4. The zero-order chi connectivity index (χ0) is 23.6. The summed E-state index contributed by atoms with van der Waals surface area (Å²) < 4.78 is 38.1. The first-order chi connectivity index (χ1) is 16.0. The highest BCUT2D eigenvalue weighted by atomic mass is 35.5. The third kappa shape index (κ3) is 8.05. The van der Waals surface area contributed by atoms with Crippen LogP contribution in [0.1, 0.15) is 77.6 Å². The van der Waals surface area contributed by atoms with Crippen molar-refractivity contribution in [1.82, 2.24) is 0 Å². The van der Waals surface area contributed by atoms with Crippen molar-refractivity contribution in [3.05, 3.63) is 59.1 Å². The quantitative estimate of drug-likeness (QED) is 0.387. The van der Waals surface area contributed by atoms with Gasteiger partial charge in [-0.2, -0.15) is 0 Å². The zero-order valence-corrected chi connectivity index (χ0v) is 20.6. The van der Waals surface area contributed by atoms with Crippen molar-refractivity contribution in [2.24, 2.45) is 23.7 Å². The van der Waals surface area contributed by atoms with Crippen LogP contribution < -0.4 is 0 Å². The molecule has 0 spiro atoms. The molecule has 2 aliphatic rings. The summed E-state index contributed by atoms with van der Waals surface area (Å²) in [6.45, 7) is 2.22. The standard InChI is InChI=1S/C17H31F.C12H7ClF2/c1-2-3-14-4-8-16(9-5-14)17-10-6-15(7-11-17)12-13-18;13-11-6-3-9(7-12(11)15)8-1-4-10(14)5-2-8/h14-17H,2-13H2,1H3;1-7H. The lowest BCUT2D eigenvalue weighted by Crippen LogP contribution is -2.26. The van der Waals surface area contributed by atoms with Crippen molar-refractivity contribution in [3.63, 3.8) is 0 Å². The van der Waals surface area contributed by atoms with Crippen LogP contribution in [0.2, 0.25) is 5.02 Å². The van der Waals surface area contributed by atoms with E-state index in [9.17, 15) is 13.2 Å². The highest BCUT2D eigenvalue weighted by molar-refractivity contribution is 6.30. The summed E-state index contributed by atoms with van der Waals surface area (Å²) in [6.07, 6.45) is 15.0. The van der Waals surface area contributed by atoms with Crippen LogP contribution in [-0.4, -0.2) is 6.67 Å². The van der Waals surface area contributed by atoms with Gasteiger partial charge in [0.2, 0.25) is 0 Å². The maximum Gasteiger partial charge on any atom is 0.142 e. The molecule has 33 heavy (non-hydrogen) atoms. The van der Waals surface area contributed by atoms with Gasteiger partial charge in [0, 0.05) is 0 Å². The summed E-state index contributed by atoms with van der Waals surface area (Å²) in [7, 11) is 0. The Hall–Kier alpha value is -1.48. The van der Waals surface area contributed by atoms with E-state index in [0.29, 0.717) is 11.5 Å². The van der Waals surface area contributed by atoms with Gasteiger partial charge in [0.1, 0.15) is 11.6 Å². The Morgan fingerprint density at radius 1 is 0.727 bits per heavy atom. The van der Waals surface area contributed by atoms with Gasteiger partial charge in [0.15, 0.2) is 0 Å².